The zero-order chi connectivity index (χ0) is 15.9. The number of ether oxygens (including phenoxy) is 2. The van der Waals surface area contributed by atoms with Crippen molar-refractivity contribution in [1.82, 2.24) is 9.78 Å². The molecule has 3 rings (SSSR count). The maximum Gasteiger partial charge on any atom is 0.412 e. The molecule has 1 aliphatic heterocycles. The smallest absolute Gasteiger partial charge is 0.412 e. The lowest BCUT2D eigenvalue weighted by Crippen LogP contribution is -2.27. The van der Waals surface area contributed by atoms with Gasteiger partial charge in [0.05, 0.1) is 17.6 Å². The normalized spacial score (nSPS) is 12.9. The predicted octanol–water partition coefficient (Wildman–Crippen LogP) is 3.33. The van der Waals surface area contributed by atoms with E-state index in [4.69, 9.17) is 9.47 Å². The van der Waals surface area contributed by atoms with Crippen molar-refractivity contribution in [3.8, 4) is 17.0 Å². The summed E-state index contributed by atoms with van der Waals surface area (Å²) in [4.78, 5) is 12.0. The average Bonchev–Trinajstić information content (AvgIpc) is 2.79. The second kappa shape index (κ2) is 5.05. The first-order chi connectivity index (χ1) is 10.3. The molecule has 1 N–H and O–H groups in total. The Labute approximate surface area is 129 Å². The van der Waals surface area contributed by atoms with E-state index in [1.54, 1.807) is 12.3 Å². The summed E-state index contributed by atoms with van der Waals surface area (Å²) in [6.07, 6.45) is 1.30. The monoisotopic (exact) mass is 301 g/mol. The number of rotatable bonds is 1. The summed E-state index contributed by atoms with van der Waals surface area (Å²) in [6, 6.07) is 5.62. The van der Waals surface area contributed by atoms with Crippen molar-refractivity contribution in [2.75, 3.05) is 5.32 Å². The molecule has 0 bridgehead atoms. The molecule has 0 fully saturated rings. The van der Waals surface area contributed by atoms with Gasteiger partial charge < -0.3 is 9.47 Å². The summed E-state index contributed by atoms with van der Waals surface area (Å²) in [7, 11) is 1.89. The van der Waals surface area contributed by atoms with E-state index in [-0.39, 0.29) is 0 Å². The molecule has 0 spiro atoms. The molecule has 1 aromatic heterocycles. The van der Waals surface area contributed by atoms with Gasteiger partial charge in [0.2, 0.25) is 0 Å². The standard InChI is InChI=1S/C16H19N3O3/c1-16(2,3)22-15(20)18-12-7-5-6-11-13-10(8-17-19(13)4)9-21-14(11)12/h5-8H,9H2,1-4H3,(H,18,20). The van der Waals surface area contributed by atoms with Crippen LogP contribution >= 0.6 is 0 Å². The topological polar surface area (TPSA) is 65.4 Å². The highest BCUT2D eigenvalue weighted by Gasteiger charge is 2.25. The molecule has 116 valence electrons. The maximum atomic E-state index is 12.0. The van der Waals surface area contributed by atoms with E-state index < -0.39 is 11.7 Å². The van der Waals surface area contributed by atoms with Crippen molar-refractivity contribution < 1.29 is 14.3 Å². The van der Waals surface area contributed by atoms with Crippen LogP contribution in [0.4, 0.5) is 10.5 Å². The third kappa shape index (κ3) is 2.64. The van der Waals surface area contributed by atoms with Gasteiger partial charge in [0, 0.05) is 18.2 Å². The lowest BCUT2D eigenvalue weighted by Gasteiger charge is -2.23. The summed E-state index contributed by atoms with van der Waals surface area (Å²) in [5.41, 5.74) is 3.00. The van der Waals surface area contributed by atoms with Gasteiger partial charge in [-0.2, -0.15) is 5.10 Å². The van der Waals surface area contributed by atoms with E-state index in [1.165, 1.54) is 0 Å². The van der Waals surface area contributed by atoms with Crippen LogP contribution in [-0.2, 0) is 18.4 Å². The molecule has 2 heterocycles. The van der Waals surface area contributed by atoms with Crippen molar-refractivity contribution >= 4 is 11.8 Å². The SMILES string of the molecule is Cn1ncc2c1-c1cccc(NC(=O)OC(C)(C)C)c1OC2. The van der Waals surface area contributed by atoms with Crippen LogP contribution in [0.15, 0.2) is 24.4 Å². The lowest BCUT2D eigenvalue weighted by molar-refractivity contribution is 0.0635. The molecule has 1 aromatic carbocycles. The molecule has 1 aliphatic rings. The second-order valence-corrected chi connectivity index (χ2v) is 6.24. The summed E-state index contributed by atoms with van der Waals surface area (Å²) in [6.45, 7) is 5.91. The fourth-order valence-corrected chi connectivity index (χ4v) is 2.48. The fourth-order valence-electron chi connectivity index (χ4n) is 2.48. The molecule has 2 aromatic rings. The van der Waals surface area contributed by atoms with Gasteiger partial charge >= 0.3 is 6.09 Å². The van der Waals surface area contributed by atoms with E-state index >= 15 is 0 Å². The Kier molecular flexibility index (Phi) is 3.31. The quantitative estimate of drug-likeness (QED) is 0.877. The Morgan fingerprint density at radius 2 is 2.18 bits per heavy atom. The second-order valence-electron chi connectivity index (χ2n) is 6.24. The molecule has 0 saturated heterocycles. The van der Waals surface area contributed by atoms with Gasteiger partial charge in [0.25, 0.3) is 0 Å². The lowest BCUT2D eigenvalue weighted by atomic mass is 10.0. The van der Waals surface area contributed by atoms with Crippen molar-refractivity contribution in [2.45, 2.75) is 33.0 Å². The predicted molar refractivity (Wildman–Crippen MR) is 82.8 cm³/mol. The number of para-hydroxylation sites is 1. The minimum absolute atomic E-state index is 0.434. The number of anilines is 1. The number of aryl methyl sites for hydroxylation is 1. The van der Waals surface area contributed by atoms with E-state index in [0.29, 0.717) is 18.0 Å². The zero-order valence-corrected chi connectivity index (χ0v) is 13.1. The van der Waals surface area contributed by atoms with E-state index in [2.05, 4.69) is 10.4 Å². The number of fused-ring (bicyclic) bond motifs is 3. The van der Waals surface area contributed by atoms with E-state index in [1.807, 2.05) is 44.6 Å². The van der Waals surface area contributed by atoms with Gasteiger partial charge in [-0.1, -0.05) is 6.07 Å². The number of amides is 1. The molecule has 0 aliphatic carbocycles. The molecular weight excluding hydrogens is 282 g/mol. The van der Waals surface area contributed by atoms with E-state index in [0.717, 1.165) is 16.8 Å². The summed E-state index contributed by atoms with van der Waals surface area (Å²) < 4.78 is 12.9. The van der Waals surface area contributed by atoms with Crippen LogP contribution in [-0.4, -0.2) is 21.5 Å². The summed E-state index contributed by atoms with van der Waals surface area (Å²) in [5, 5.41) is 7.01. The number of carbonyl (C=O) groups excluding carboxylic acids is 1. The molecule has 22 heavy (non-hydrogen) atoms. The Bertz CT molecular complexity index is 729. The van der Waals surface area contributed by atoms with Gasteiger partial charge in [-0.05, 0) is 32.9 Å². The number of nitrogens with one attached hydrogen (secondary N) is 1. The van der Waals surface area contributed by atoms with Gasteiger partial charge in [0.1, 0.15) is 12.2 Å². The molecule has 0 unspecified atom stereocenters. The minimum atomic E-state index is -0.547. The van der Waals surface area contributed by atoms with Crippen LogP contribution in [0.25, 0.3) is 11.3 Å². The zero-order valence-electron chi connectivity index (χ0n) is 13.1. The van der Waals surface area contributed by atoms with Gasteiger partial charge in [-0.3, -0.25) is 10.00 Å². The molecule has 6 heteroatoms. The van der Waals surface area contributed by atoms with Gasteiger partial charge in [-0.25, -0.2) is 4.79 Å². The largest absolute Gasteiger partial charge is 0.486 e. The highest BCUT2D eigenvalue weighted by Crippen LogP contribution is 2.41. The first-order valence-electron chi connectivity index (χ1n) is 7.12. The average molecular weight is 301 g/mol. The van der Waals surface area contributed by atoms with Crippen LogP contribution < -0.4 is 10.1 Å². The van der Waals surface area contributed by atoms with Crippen LogP contribution in [0.2, 0.25) is 0 Å². The van der Waals surface area contributed by atoms with Gasteiger partial charge in [-0.15, -0.1) is 0 Å². The number of hydrogen-bond acceptors (Lipinski definition) is 4. The Hall–Kier alpha value is -2.50. The van der Waals surface area contributed by atoms with Crippen molar-refractivity contribution in [3.05, 3.63) is 30.0 Å². The minimum Gasteiger partial charge on any atom is -0.486 e. The molecule has 0 radical (unpaired) electrons. The van der Waals surface area contributed by atoms with Crippen molar-refractivity contribution in [1.29, 1.82) is 0 Å². The van der Waals surface area contributed by atoms with Crippen LogP contribution in [0, 0.1) is 0 Å². The highest BCUT2D eigenvalue weighted by molar-refractivity contribution is 5.90. The maximum absolute atomic E-state index is 12.0. The van der Waals surface area contributed by atoms with Gasteiger partial charge in [0.15, 0.2) is 5.75 Å². The highest BCUT2D eigenvalue weighted by atomic mass is 16.6. The summed E-state index contributed by atoms with van der Waals surface area (Å²) >= 11 is 0. The Morgan fingerprint density at radius 1 is 1.41 bits per heavy atom. The van der Waals surface area contributed by atoms with Crippen LogP contribution in [0.3, 0.4) is 0 Å². The fraction of sp³-hybridized carbons (Fsp3) is 0.375. The number of benzene rings is 1. The molecule has 0 saturated carbocycles. The number of carbonyl (C=O) groups is 1. The number of nitrogens with zero attached hydrogens (tertiary/aromatic N) is 2. The van der Waals surface area contributed by atoms with E-state index in [9.17, 15) is 4.79 Å². The Balaban J connectivity index is 1.93. The third-order valence-corrected chi connectivity index (χ3v) is 3.29. The Morgan fingerprint density at radius 3 is 2.91 bits per heavy atom. The number of aromatic nitrogens is 2. The summed E-state index contributed by atoms with van der Waals surface area (Å²) in [5.74, 6) is 0.643. The van der Waals surface area contributed by atoms with Crippen molar-refractivity contribution in [3.63, 3.8) is 0 Å². The third-order valence-electron chi connectivity index (χ3n) is 3.29. The first kappa shape index (κ1) is 14.4. The number of hydrogen-bond donors (Lipinski definition) is 1. The molecular formula is C16H19N3O3. The van der Waals surface area contributed by atoms with Crippen LogP contribution in [0.5, 0.6) is 5.75 Å². The first-order valence-corrected chi connectivity index (χ1v) is 7.12. The van der Waals surface area contributed by atoms with Crippen molar-refractivity contribution in [2.24, 2.45) is 7.05 Å². The van der Waals surface area contributed by atoms with Crippen LogP contribution in [0.1, 0.15) is 26.3 Å². The molecule has 0 atom stereocenters. The molecule has 6 nitrogen and oxygen atoms in total. The molecule has 1 amide bonds.